The predicted molar refractivity (Wildman–Crippen MR) is 63.3 cm³/mol. The molecule has 0 atom stereocenters. The van der Waals surface area contributed by atoms with E-state index in [4.69, 9.17) is 4.42 Å². The van der Waals surface area contributed by atoms with E-state index in [2.05, 4.69) is 4.98 Å². The monoisotopic (exact) mass is 248 g/mol. The first kappa shape index (κ1) is 12.3. The standard InChI is InChI=1S/C13H13FN2O2/c1-2-16(9-10-5-4-8-18-10)13(17)11-6-3-7-15-12(11)14/h3-8H,2,9H2,1H3. The fourth-order valence-electron chi connectivity index (χ4n) is 1.63. The quantitative estimate of drug-likeness (QED) is 0.781. The Labute approximate surface area is 104 Å². The molecule has 2 aromatic heterocycles. The largest absolute Gasteiger partial charge is 0.467 e. The number of halogens is 1. The predicted octanol–water partition coefficient (Wildman–Crippen LogP) is 2.48. The van der Waals surface area contributed by atoms with E-state index in [9.17, 15) is 9.18 Å². The fourth-order valence-corrected chi connectivity index (χ4v) is 1.63. The van der Waals surface area contributed by atoms with Crippen LogP contribution in [0.15, 0.2) is 41.1 Å². The third-order valence-electron chi connectivity index (χ3n) is 2.59. The Hall–Kier alpha value is -2.17. The summed E-state index contributed by atoms with van der Waals surface area (Å²) in [4.78, 5) is 17.1. The zero-order valence-corrected chi connectivity index (χ0v) is 9.97. The Morgan fingerprint density at radius 3 is 2.89 bits per heavy atom. The molecule has 0 bridgehead atoms. The summed E-state index contributed by atoms with van der Waals surface area (Å²) in [6.07, 6.45) is 2.85. The second-order valence-electron chi connectivity index (χ2n) is 3.74. The minimum atomic E-state index is -0.750. The molecule has 0 spiro atoms. The van der Waals surface area contributed by atoms with Gasteiger partial charge < -0.3 is 9.32 Å². The summed E-state index contributed by atoms with van der Waals surface area (Å²) in [5.74, 6) is -0.477. The van der Waals surface area contributed by atoms with E-state index in [0.29, 0.717) is 18.8 Å². The molecule has 0 fully saturated rings. The van der Waals surface area contributed by atoms with Crippen molar-refractivity contribution in [1.82, 2.24) is 9.88 Å². The highest BCUT2D eigenvalue weighted by Crippen LogP contribution is 2.11. The number of pyridine rings is 1. The van der Waals surface area contributed by atoms with E-state index in [-0.39, 0.29) is 11.5 Å². The number of amides is 1. The molecule has 4 nitrogen and oxygen atoms in total. The van der Waals surface area contributed by atoms with E-state index < -0.39 is 5.95 Å². The summed E-state index contributed by atoms with van der Waals surface area (Å²) in [6, 6.07) is 6.49. The fraction of sp³-hybridized carbons (Fsp3) is 0.231. The third-order valence-corrected chi connectivity index (χ3v) is 2.59. The second kappa shape index (κ2) is 5.44. The van der Waals surface area contributed by atoms with Crippen molar-refractivity contribution in [2.45, 2.75) is 13.5 Å². The maximum absolute atomic E-state index is 13.4. The number of hydrogen-bond acceptors (Lipinski definition) is 3. The summed E-state index contributed by atoms with van der Waals surface area (Å²) < 4.78 is 18.6. The minimum absolute atomic E-state index is 0.0223. The van der Waals surface area contributed by atoms with Crippen LogP contribution in [0, 0.1) is 5.95 Å². The normalized spacial score (nSPS) is 10.3. The molecule has 0 radical (unpaired) electrons. The number of nitrogens with zero attached hydrogens (tertiary/aromatic N) is 2. The molecule has 5 heteroatoms. The van der Waals surface area contributed by atoms with Crippen molar-refractivity contribution in [3.05, 3.63) is 54.0 Å². The first-order chi connectivity index (χ1) is 8.72. The van der Waals surface area contributed by atoms with E-state index in [0.717, 1.165) is 0 Å². The van der Waals surface area contributed by atoms with Crippen LogP contribution in [0.25, 0.3) is 0 Å². The lowest BCUT2D eigenvalue weighted by molar-refractivity contribution is 0.0735. The van der Waals surface area contributed by atoms with Crippen molar-refractivity contribution in [2.75, 3.05) is 6.54 Å². The number of carbonyl (C=O) groups excluding carboxylic acids is 1. The van der Waals surface area contributed by atoms with Crippen LogP contribution in [0.5, 0.6) is 0 Å². The molecule has 2 aromatic rings. The highest BCUT2D eigenvalue weighted by Gasteiger charge is 2.19. The maximum Gasteiger partial charge on any atom is 0.258 e. The highest BCUT2D eigenvalue weighted by atomic mass is 19.1. The lowest BCUT2D eigenvalue weighted by atomic mass is 10.2. The molecule has 0 saturated heterocycles. The number of hydrogen-bond donors (Lipinski definition) is 0. The van der Waals surface area contributed by atoms with E-state index in [1.54, 1.807) is 12.1 Å². The van der Waals surface area contributed by atoms with Crippen molar-refractivity contribution in [3.63, 3.8) is 0 Å². The van der Waals surface area contributed by atoms with Crippen LogP contribution in [0.3, 0.4) is 0 Å². The number of aromatic nitrogens is 1. The summed E-state index contributed by atoms with van der Waals surface area (Å²) in [7, 11) is 0. The van der Waals surface area contributed by atoms with E-state index in [1.807, 2.05) is 6.92 Å². The SMILES string of the molecule is CCN(Cc1ccco1)C(=O)c1cccnc1F. The zero-order valence-electron chi connectivity index (χ0n) is 9.97. The van der Waals surface area contributed by atoms with Gasteiger partial charge >= 0.3 is 0 Å². The van der Waals surface area contributed by atoms with Crippen LogP contribution in [-0.2, 0) is 6.54 Å². The van der Waals surface area contributed by atoms with E-state index in [1.165, 1.54) is 29.5 Å². The summed E-state index contributed by atoms with van der Waals surface area (Å²) >= 11 is 0. The van der Waals surface area contributed by atoms with Gasteiger partial charge in [-0.25, -0.2) is 4.98 Å². The van der Waals surface area contributed by atoms with Gasteiger partial charge in [-0.1, -0.05) is 0 Å². The first-order valence-corrected chi connectivity index (χ1v) is 5.64. The van der Waals surface area contributed by atoms with Crippen LogP contribution in [0.1, 0.15) is 23.0 Å². The highest BCUT2D eigenvalue weighted by molar-refractivity contribution is 5.94. The molecule has 2 heterocycles. The Kier molecular flexibility index (Phi) is 3.72. The summed E-state index contributed by atoms with van der Waals surface area (Å²) in [5, 5.41) is 0. The van der Waals surface area contributed by atoms with Crippen molar-refractivity contribution in [3.8, 4) is 0 Å². The van der Waals surface area contributed by atoms with Crippen LogP contribution in [0.4, 0.5) is 4.39 Å². The van der Waals surface area contributed by atoms with Gasteiger partial charge in [0.25, 0.3) is 5.91 Å². The first-order valence-electron chi connectivity index (χ1n) is 5.64. The molecule has 1 amide bonds. The van der Waals surface area contributed by atoms with Crippen molar-refractivity contribution in [1.29, 1.82) is 0 Å². The van der Waals surface area contributed by atoms with Crippen molar-refractivity contribution < 1.29 is 13.6 Å². The number of rotatable bonds is 4. The van der Waals surface area contributed by atoms with Gasteiger partial charge in [-0.3, -0.25) is 4.79 Å². The van der Waals surface area contributed by atoms with Crippen molar-refractivity contribution >= 4 is 5.91 Å². The number of furan rings is 1. The topological polar surface area (TPSA) is 46.3 Å². The minimum Gasteiger partial charge on any atom is -0.467 e. The van der Waals surface area contributed by atoms with Gasteiger partial charge in [0.15, 0.2) is 0 Å². The van der Waals surface area contributed by atoms with Gasteiger partial charge in [-0.15, -0.1) is 0 Å². The lowest BCUT2D eigenvalue weighted by Crippen LogP contribution is -2.31. The molecular weight excluding hydrogens is 235 g/mol. The Morgan fingerprint density at radius 1 is 1.44 bits per heavy atom. The molecule has 18 heavy (non-hydrogen) atoms. The van der Waals surface area contributed by atoms with Gasteiger partial charge in [-0.2, -0.15) is 4.39 Å². The zero-order chi connectivity index (χ0) is 13.0. The lowest BCUT2D eigenvalue weighted by Gasteiger charge is -2.19. The summed E-state index contributed by atoms with van der Waals surface area (Å²) in [5.41, 5.74) is -0.0223. The molecule has 0 aliphatic heterocycles. The van der Waals surface area contributed by atoms with Gasteiger partial charge in [0, 0.05) is 12.7 Å². The Morgan fingerprint density at radius 2 is 2.28 bits per heavy atom. The molecular formula is C13H13FN2O2. The average molecular weight is 248 g/mol. The molecule has 2 rings (SSSR count). The smallest absolute Gasteiger partial charge is 0.258 e. The summed E-state index contributed by atoms with van der Waals surface area (Å²) in [6.45, 7) is 2.61. The van der Waals surface area contributed by atoms with Gasteiger partial charge in [0.05, 0.1) is 18.4 Å². The molecule has 0 aliphatic carbocycles. The van der Waals surface area contributed by atoms with Crippen LogP contribution < -0.4 is 0 Å². The Bertz CT molecular complexity index is 526. The van der Waals surface area contributed by atoms with E-state index >= 15 is 0 Å². The third kappa shape index (κ3) is 2.56. The van der Waals surface area contributed by atoms with Crippen LogP contribution in [-0.4, -0.2) is 22.3 Å². The van der Waals surface area contributed by atoms with Crippen molar-refractivity contribution in [2.24, 2.45) is 0 Å². The Balaban J connectivity index is 2.18. The van der Waals surface area contributed by atoms with Gasteiger partial charge in [0.2, 0.25) is 5.95 Å². The average Bonchev–Trinajstić information content (AvgIpc) is 2.88. The van der Waals surface area contributed by atoms with Crippen LogP contribution in [0.2, 0.25) is 0 Å². The maximum atomic E-state index is 13.4. The molecule has 0 aliphatic rings. The molecule has 0 unspecified atom stereocenters. The van der Waals surface area contributed by atoms with Crippen LogP contribution >= 0.6 is 0 Å². The number of carbonyl (C=O) groups is 1. The molecule has 0 saturated carbocycles. The molecule has 0 N–H and O–H groups in total. The van der Waals surface area contributed by atoms with Gasteiger partial charge in [-0.05, 0) is 31.2 Å². The molecule has 0 aromatic carbocycles. The second-order valence-corrected chi connectivity index (χ2v) is 3.74. The molecule has 94 valence electrons. The van der Waals surface area contributed by atoms with Gasteiger partial charge in [0.1, 0.15) is 5.76 Å².